The third-order valence-corrected chi connectivity index (χ3v) is 8.77. The Labute approximate surface area is 270 Å². The van der Waals surface area contributed by atoms with Crippen LogP contribution in [0.4, 0.5) is 10.3 Å². The van der Waals surface area contributed by atoms with Crippen LogP contribution in [0.25, 0.3) is 0 Å². The number of nitrogens with one attached hydrogen (secondary N) is 4. The van der Waals surface area contributed by atoms with Crippen molar-refractivity contribution in [3.8, 4) is 0 Å². The molecule has 0 bridgehead atoms. The predicted octanol–water partition coefficient (Wildman–Crippen LogP) is 6.29. The summed E-state index contributed by atoms with van der Waals surface area (Å²) < 4.78 is 0. The SMILES string of the molecule is CNC(=O)c1csc(NC(=O)c2csc(NC(=O)CCCCCNC(c3ccccc3)(c3ccccc3)c3ccccc3)n2)n1. The first kappa shape index (κ1) is 31.7. The van der Waals surface area contributed by atoms with Gasteiger partial charge in [0.15, 0.2) is 10.3 Å². The van der Waals surface area contributed by atoms with E-state index in [0.717, 1.165) is 37.1 Å². The second-order valence-corrected chi connectivity index (χ2v) is 12.0. The molecular weight excluding hydrogens is 605 g/mol. The lowest BCUT2D eigenvalue weighted by Crippen LogP contribution is -2.45. The average Bonchev–Trinajstić information content (AvgIpc) is 3.75. The van der Waals surface area contributed by atoms with Crippen LogP contribution in [0.5, 0.6) is 0 Å². The van der Waals surface area contributed by atoms with E-state index in [9.17, 15) is 14.4 Å². The van der Waals surface area contributed by atoms with Gasteiger partial charge in [-0.3, -0.25) is 25.0 Å². The number of amides is 3. The number of unbranched alkanes of at least 4 members (excludes halogenated alkanes) is 2. The fraction of sp³-hybridized carbons (Fsp3) is 0.206. The molecule has 0 saturated heterocycles. The number of carbonyl (C=O) groups is 3. The zero-order chi connectivity index (χ0) is 31.5. The van der Waals surface area contributed by atoms with Crippen LogP contribution in [0.2, 0.25) is 0 Å². The topological polar surface area (TPSA) is 125 Å². The third-order valence-electron chi connectivity index (χ3n) is 7.26. The molecule has 0 unspecified atom stereocenters. The van der Waals surface area contributed by atoms with E-state index in [-0.39, 0.29) is 23.2 Å². The highest BCUT2D eigenvalue weighted by Gasteiger charge is 2.35. The van der Waals surface area contributed by atoms with Crippen LogP contribution in [-0.4, -0.2) is 41.3 Å². The zero-order valence-corrected chi connectivity index (χ0v) is 26.4. The zero-order valence-electron chi connectivity index (χ0n) is 24.8. The monoisotopic (exact) mass is 638 g/mol. The smallest absolute Gasteiger partial charge is 0.276 e. The molecule has 9 nitrogen and oxygen atoms in total. The Morgan fingerprint density at radius 3 is 1.64 bits per heavy atom. The maximum Gasteiger partial charge on any atom is 0.276 e. The van der Waals surface area contributed by atoms with Gasteiger partial charge in [0.05, 0.1) is 5.54 Å². The Hall–Kier alpha value is -4.71. The van der Waals surface area contributed by atoms with Gasteiger partial charge in [-0.2, -0.15) is 0 Å². The van der Waals surface area contributed by atoms with Crippen molar-refractivity contribution in [1.29, 1.82) is 0 Å². The number of nitrogens with zero attached hydrogens (tertiary/aromatic N) is 2. The van der Waals surface area contributed by atoms with Crippen molar-refractivity contribution in [2.45, 2.75) is 31.2 Å². The normalized spacial score (nSPS) is 11.1. The van der Waals surface area contributed by atoms with Gasteiger partial charge < -0.3 is 10.6 Å². The van der Waals surface area contributed by atoms with E-state index in [2.05, 4.69) is 104 Å². The van der Waals surface area contributed by atoms with Gasteiger partial charge in [0.1, 0.15) is 11.4 Å². The van der Waals surface area contributed by atoms with E-state index < -0.39 is 11.4 Å². The highest BCUT2D eigenvalue weighted by atomic mass is 32.1. The summed E-state index contributed by atoms with van der Waals surface area (Å²) in [6.45, 7) is 0.759. The fourth-order valence-corrected chi connectivity index (χ4v) is 6.47. The molecule has 0 radical (unpaired) electrons. The van der Waals surface area contributed by atoms with Gasteiger partial charge >= 0.3 is 0 Å². The van der Waals surface area contributed by atoms with E-state index in [0.29, 0.717) is 16.7 Å². The third kappa shape index (κ3) is 7.88. The Bertz CT molecular complexity index is 1610. The van der Waals surface area contributed by atoms with Gasteiger partial charge in [-0.05, 0) is 36.1 Å². The number of hydrogen-bond donors (Lipinski definition) is 4. The minimum atomic E-state index is -0.512. The van der Waals surface area contributed by atoms with Gasteiger partial charge in [0.2, 0.25) is 5.91 Å². The Kier molecular flexibility index (Phi) is 10.8. The van der Waals surface area contributed by atoms with Crippen LogP contribution in [0.15, 0.2) is 102 Å². The second kappa shape index (κ2) is 15.3. The molecule has 4 N–H and O–H groups in total. The summed E-state index contributed by atoms with van der Waals surface area (Å²) >= 11 is 2.32. The van der Waals surface area contributed by atoms with Crippen LogP contribution in [0, 0.1) is 0 Å². The van der Waals surface area contributed by atoms with E-state index in [4.69, 9.17) is 0 Å². The summed E-state index contributed by atoms with van der Waals surface area (Å²) in [7, 11) is 1.51. The number of thiazole rings is 2. The average molecular weight is 639 g/mol. The number of benzene rings is 3. The van der Waals surface area contributed by atoms with Gasteiger partial charge in [0.25, 0.3) is 11.8 Å². The predicted molar refractivity (Wildman–Crippen MR) is 180 cm³/mol. The fourth-order valence-electron chi connectivity index (χ4n) is 5.08. The summed E-state index contributed by atoms with van der Waals surface area (Å²) in [4.78, 5) is 45.2. The number of aromatic nitrogens is 2. The lowest BCUT2D eigenvalue weighted by molar-refractivity contribution is -0.116. The molecule has 0 atom stereocenters. The van der Waals surface area contributed by atoms with Crippen LogP contribution in [-0.2, 0) is 10.3 Å². The minimum absolute atomic E-state index is 0.147. The second-order valence-electron chi connectivity index (χ2n) is 10.2. The van der Waals surface area contributed by atoms with E-state index in [1.54, 1.807) is 10.8 Å². The molecule has 2 aromatic heterocycles. The first-order valence-corrected chi connectivity index (χ1v) is 16.4. The maximum atomic E-state index is 12.6. The van der Waals surface area contributed by atoms with Crippen molar-refractivity contribution < 1.29 is 14.4 Å². The van der Waals surface area contributed by atoms with Gasteiger partial charge in [0, 0.05) is 24.2 Å². The molecule has 5 aromatic rings. The molecule has 230 valence electrons. The van der Waals surface area contributed by atoms with E-state index in [1.165, 1.54) is 35.1 Å². The molecule has 2 heterocycles. The molecule has 5 rings (SSSR count). The summed E-state index contributed by atoms with van der Waals surface area (Å²) in [6, 6.07) is 31.5. The first-order valence-electron chi connectivity index (χ1n) is 14.7. The highest BCUT2D eigenvalue weighted by molar-refractivity contribution is 7.14. The molecule has 0 saturated carbocycles. The van der Waals surface area contributed by atoms with Gasteiger partial charge in [-0.15, -0.1) is 22.7 Å². The number of carbonyl (C=O) groups excluding carboxylic acids is 3. The van der Waals surface area contributed by atoms with Gasteiger partial charge in [-0.25, -0.2) is 9.97 Å². The van der Waals surface area contributed by atoms with Crippen LogP contribution < -0.4 is 21.3 Å². The molecule has 11 heteroatoms. The molecule has 0 aliphatic carbocycles. The van der Waals surface area contributed by atoms with Crippen molar-refractivity contribution in [1.82, 2.24) is 20.6 Å². The van der Waals surface area contributed by atoms with Crippen molar-refractivity contribution >= 4 is 50.7 Å². The Balaban J connectivity index is 1.12. The standard InChI is InChI=1S/C34H34N6O3S2/c1-35-30(42)27-22-45-33(37-27)40-31(43)28-23-44-32(38-28)39-29(41)20-12-5-13-21-36-34(24-14-6-2-7-15-24,25-16-8-3-9-17-25)26-18-10-4-11-19-26/h2-4,6-11,14-19,22-23,36H,5,12-13,20-21H2,1H3,(H,35,42)(H,37,40,43)(H,38,39,41). The van der Waals surface area contributed by atoms with Crippen molar-refractivity contribution in [2.24, 2.45) is 0 Å². The molecule has 0 spiro atoms. The molecule has 3 amide bonds. The van der Waals surface area contributed by atoms with Crippen molar-refractivity contribution in [3.63, 3.8) is 0 Å². The molecule has 0 aliphatic rings. The van der Waals surface area contributed by atoms with Crippen LogP contribution >= 0.6 is 22.7 Å². The molecule has 0 aliphatic heterocycles. The molecular formula is C34H34N6O3S2. The summed E-state index contributed by atoms with van der Waals surface area (Å²) in [5, 5.41) is 15.6. The molecule has 3 aromatic carbocycles. The Morgan fingerprint density at radius 1 is 0.644 bits per heavy atom. The van der Waals surface area contributed by atoms with E-state index in [1.807, 2.05) is 18.2 Å². The number of hydrogen-bond acceptors (Lipinski definition) is 8. The lowest BCUT2D eigenvalue weighted by Gasteiger charge is -2.37. The number of rotatable bonds is 14. The first-order chi connectivity index (χ1) is 22.0. The molecule has 0 fully saturated rings. The largest absolute Gasteiger partial charge is 0.354 e. The van der Waals surface area contributed by atoms with Crippen LogP contribution in [0.3, 0.4) is 0 Å². The highest BCUT2D eigenvalue weighted by Crippen LogP contribution is 2.36. The molecule has 45 heavy (non-hydrogen) atoms. The summed E-state index contributed by atoms with van der Waals surface area (Å²) in [5.41, 5.74) is 3.37. The summed E-state index contributed by atoms with van der Waals surface area (Å²) in [6.07, 6.45) is 2.83. The van der Waals surface area contributed by atoms with Crippen LogP contribution in [0.1, 0.15) is 63.4 Å². The van der Waals surface area contributed by atoms with E-state index >= 15 is 0 Å². The Morgan fingerprint density at radius 2 is 1.13 bits per heavy atom. The lowest BCUT2D eigenvalue weighted by atomic mass is 9.77. The quantitative estimate of drug-likeness (QED) is 0.0837. The maximum absolute atomic E-state index is 12.6. The number of anilines is 2. The summed E-state index contributed by atoms with van der Waals surface area (Å²) in [5.74, 6) is -0.942. The van der Waals surface area contributed by atoms with Crippen molar-refractivity contribution in [3.05, 3.63) is 130 Å². The van der Waals surface area contributed by atoms with Gasteiger partial charge in [-0.1, -0.05) is 97.4 Å². The van der Waals surface area contributed by atoms with Crippen molar-refractivity contribution in [2.75, 3.05) is 24.2 Å². The minimum Gasteiger partial charge on any atom is -0.354 e.